The second-order valence-corrected chi connectivity index (χ2v) is 11.2. The zero-order valence-corrected chi connectivity index (χ0v) is 21.9. The van der Waals surface area contributed by atoms with Crippen LogP contribution in [0.5, 0.6) is 0 Å². The van der Waals surface area contributed by atoms with Crippen molar-refractivity contribution in [2.75, 3.05) is 17.2 Å². The highest BCUT2D eigenvalue weighted by molar-refractivity contribution is 8.13. The molecule has 1 aromatic heterocycles. The van der Waals surface area contributed by atoms with E-state index >= 15 is 0 Å². The van der Waals surface area contributed by atoms with Gasteiger partial charge >= 0.3 is 0 Å². The number of fused-ring (bicyclic) bond motifs is 2. The zero-order valence-electron chi connectivity index (χ0n) is 19.5. The van der Waals surface area contributed by atoms with Crippen LogP contribution < -0.4 is 9.47 Å². The van der Waals surface area contributed by atoms with Gasteiger partial charge < -0.3 is 4.90 Å². The first-order valence-electron chi connectivity index (χ1n) is 11.6. The fourth-order valence-electron chi connectivity index (χ4n) is 4.34. The predicted molar refractivity (Wildman–Crippen MR) is 150 cm³/mol. The number of para-hydroxylation sites is 1. The van der Waals surface area contributed by atoms with E-state index in [-0.39, 0.29) is 5.12 Å². The molecule has 0 bridgehead atoms. The molecule has 176 valence electrons. The van der Waals surface area contributed by atoms with Gasteiger partial charge in [0.05, 0.1) is 16.1 Å². The number of thioether (sulfide) groups is 2. The SMILES string of the molecule is CC(=O)SCCCN1/C(=C/c2cc[n+](Cc3ccccc3)c3ccccc23)Sc2cc(Cl)ccc21. The summed E-state index contributed by atoms with van der Waals surface area (Å²) < 4.78 is 2.31. The van der Waals surface area contributed by atoms with Gasteiger partial charge in [-0.3, -0.25) is 4.79 Å². The van der Waals surface area contributed by atoms with Crippen LogP contribution in [0.25, 0.3) is 17.0 Å². The van der Waals surface area contributed by atoms with Gasteiger partial charge in [0.25, 0.3) is 0 Å². The second kappa shape index (κ2) is 10.9. The fourth-order valence-corrected chi connectivity index (χ4v) is 6.32. The highest BCUT2D eigenvalue weighted by Crippen LogP contribution is 2.48. The molecule has 5 rings (SSSR count). The zero-order chi connectivity index (χ0) is 24.2. The Morgan fingerprint density at radius 2 is 1.86 bits per heavy atom. The Hall–Kier alpha value is -2.73. The summed E-state index contributed by atoms with van der Waals surface area (Å²) in [4.78, 5) is 14.9. The molecule has 0 spiro atoms. The molecule has 4 aromatic rings. The van der Waals surface area contributed by atoms with E-state index in [0.717, 1.165) is 30.3 Å². The summed E-state index contributed by atoms with van der Waals surface area (Å²) >= 11 is 9.45. The van der Waals surface area contributed by atoms with Gasteiger partial charge in [-0.15, -0.1) is 0 Å². The summed E-state index contributed by atoms with van der Waals surface area (Å²) in [5.74, 6) is 0.820. The highest BCUT2D eigenvalue weighted by Gasteiger charge is 2.25. The van der Waals surface area contributed by atoms with Gasteiger partial charge in [0.15, 0.2) is 17.9 Å². The molecule has 1 aliphatic rings. The summed E-state index contributed by atoms with van der Waals surface area (Å²) in [6, 6.07) is 27.4. The molecular formula is C29H26ClN2OS2+. The fraction of sp³-hybridized carbons (Fsp3) is 0.172. The molecule has 0 saturated carbocycles. The molecule has 0 saturated heterocycles. The lowest BCUT2D eigenvalue weighted by atomic mass is 10.1. The molecule has 0 amide bonds. The number of nitrogens with zero attached hydrogens (tertiary/aromatic N) is 2. The second-order valence-electron chi connectivity index (χ2n) is 8.44. The molecule has 0 atom stereocenters. The molecule has 0 N–H and O–H groups in total. The highest BCUT2D eigenvalue weighted by atomic mass is 35.5. The van der Waals surface area contributed by atoms with E-state index in [2.05, 4.69) is 88.5 Å². The normalized spacial score (nSPS) is 14.0. The first-order chi connectivity index (χ1) is 17.1. The van der Waals surface area contributed by atoms with Crippen LogP contribution in [-0.2, 0) is 11.3 Å². The van der Waals surface area contributed by atoms with Gasteiger partial charge in [-0.1, -0.05) is 77.6 Å². The van der Waals surface area contributed by atoms with Crippen molar-refractivity contribution in [3.05, 3.63) is 106 Å². The first-order valence-corrected chi connectivity index (χ1v) is 13.8. The van der Waals surface area contributed by atoms with Crippen molar-refractivity contribution in [1.82, 2.24) is 0 Å². The molecule has 0 aliphatic carbocycles. The Morgan fingerprint density at radius 1 is 1.06 bits per heavy atom. The molecule has 6 heteroatoms. The maximum Gasteiger partial charge on any atom is 0.213 e. The molecule has 0 fully saturated rings. The van der Waals surface area contributed by atoms with Gasteiger partial charge in [-0.05, 0) is 42.3 Å². The minimum Gasteiger partial charge on any atom is -0.335 e. The first kappa shape index (κ1) is 24.0. The number of halogens is 1. The average Bonchev–Trinajstić information content (AvgIpc) is 3.19. The number of hydrogen-bond acceptors (Lipinski definition) is 4. The number of anilines is 1. The maximum atomic E-state index is 11.4. The molecule has 0 radical (unpaired) electrons. The van der Waals surface area contributed by atoms with Crippen LogP contribution in [0.1, 0.15) is 24.5 Å². The number of rotatable bonds is 7. The van der Waals surface area contributed by atoms with E-state index in [1.807, 2.05) is 12.1 Å². The molecular weight excluding hydrogens is 492 g/mol. The van der Waals surface area contributed by atoms with Crippen molar-refractivity contribution in [2.24, 2.45) is 0 Å². The molecule has 3 nitrogen and oxygen atoms in total. The largest absolute Gasteiger partial charge is 0.335 e. The lowest BCUT2D eigenvalue weighted by Gasteiger charge is -2.20. The van der Waals surface area contributed by atoms with E-state index in [4.69, 9.17) is 11.6 Å². The standard InChI is InChI=1S/C29H26ClN2OS2/c1-21(33)34-17-7-15-32-27-13-12-24(30)19-28(27)35-29(32)18-23-14-16-31(20-22-8-3-2-4-9-22)26-11-6-5-10-25(23)26/h2-6,8-14,16,18-19H,7,15,17,20H2,1H3/q+1. The van der Waals surface area contributed by atoms with E-state index in [1.165, 1.54) is 49.4 Å². The Labute approximate surface area is 219 Å². The van der Waals surface area contributed by atoms with Gasteiger partial charge in [-0.2, -0.15) is 4.57 Å². The minimum absolute atomic E-state index is 0.170. The summed E-state index contributed by atoms with van der Waals surface area (Å²) in [6.07, 6.45) is 5.39. The number of benzene rings is 3. The molecule has 3 aromatic carbocycles. The van der Waals surface area contributed by atoms with Crippen LogP contribution in [0.3, 0.4) is 0 Å². The summed E-state index contributed by atoms with van der Waals surface area (Å²) in [6.45, 7) is 3.31. The summed E-state index contributed by atoms with van der Waals surface area (Å²) in [7, 11) is 0. The van der Waals surface area contributed by atoms with Crippen LogP contribution >= 0.6 is 35.1 Å². The predicted octanol–water partition coefficient (Wildman–Crippen LogP) is 7.41. The van der Waals surface area contributed by atoms with Gasteiger partial charge in [-0.25, -0.2) is 0 Å². The van der Waals surface area contributed by atoms with Gasteiger partial charge in [0.1, 0.15) is 0 Å². The number of pyridine rings is 1. The van der Waals surface area contributed by atoms with Crippen molar-refractivity contribution in [3.63, 3.8) is 0 Å². The maximum absolute atomic E-state index is 11.4. The minimum atomic E-state index is 0.170. The van der Waals surface area contributed by atoms with Crippen LogP contribution in [0, 0.1) is 0 Å². The number of aromatic nitrogens is 1. The molecule has 1 aliphatic heterocycles. The van der Waals surface area contributed by atoms with Crippen molar-refractivity contribution < 1.29 is 9.36 Å². The van der Waals surface area contributed by atoms with Crippen LogP contribution in [-0.4, -0.2) is 17.4 Å². The lowest BCUT2D eigenvalue weighted by Crippen LogP contribution is -2.34. The Balaban J connectivity index is 1.49. The molecule has 0 unspecified atom stereocenters. The quantitative estimate of drug-likeness (QED) is 0.188. The summed E-state index contributed by atoms with van der Waals surface area (Å²) in [5.41, 5.74) is 4.85. The van der Waals surface area contributed by atoms with E-state index in [1.54, 1.807) is 18.7 Å². The van der Waals surface area contributed by atoms with Crippen molar-refractivity contribution >= 4 is 62.9 Å². The topological polar surface area (TPSA) is 24.2 Å². The molecule has 35 heavy (non-hydrogen) atoms. The van der Waals surface area contributed by atoms with Crippen molar-refractivity contribution in [1.29, 1.82) is 0 Å². The van der Waals surface area contributed by atoms with Crippen molar-refractivity contribution in [3.8, 4) is 0 Å². The number of carbonyl (C=O) groups excluding carboxylic acids is 1. The van der Waals surface area contributed by atoms with Gasteiger partial charge in [0, 0.05) is 46.8 Å². The number of hydrogen-bond donors (Lipinski definition) is 0. The van der Waals surface area contributed by atoms with Crippen LogP contribution in [0.4, 0.5) is 5.69 Å². The third kappa shape index (κ3) is 5.58. The lowest BCUT2D eigenvalue weighted by molar-refractivity contribution is -0.662. The van der Waals surface area contributed by atoms with Crippen LogP contribution in [0.15, 0.2) is 95.0 Å². The third-order valence-electron chi connectivity index (χ3n) is 5.96. The monoisotopic (exact) mass is 517 g/mol. The van der Waals surface area contributed by atoms with E-state index < -0.39 is 0 Å². The van der Waals surface area contributed by atoms with E-state index in [0.29, 0.717) is 0 Å². The average molecular weight is 518 g/mol. The molecule has 2 heterocycles. The van der Waals surface area contributed by atoms with Gasteiger partial charge in [0.2, 0.25) is 5.52 Å². The Kier molecular flexibility index (Phi) is 7.47. The van der Waals surface area contributed by atoms with Crippen LogP contribution in [0.2, 0.25) is 5.02 Å². The van der Waals surface area contributed by atoms with Crippen molar-refractivity contribution in [2.45, 2.75) is 24.8 Å². The Bertz CT molecular complexity index is 1400. The number of carbonyl (C=O) groups is 1. The van der Waals surface area contributed by atoms with E-state index in [9.17, 15) is 4.79 Å². The Morgan fingerprint density at radius 3 is 2.69 bits per heavy atom. The summed E-state index contributed by atoms with van der Waals surface area (Å²) in [5, 5.41) is 3.32. The third-order valence-corrected chi connectivity index (χ3v) is 8.19. The smallest absolute Gasteiger partial charge is 0.213 e.